The standard InChI is InChI=1S/C30H31F3N2O5/c1-3-12-35-13-11-28-24-16-20(17-29(28,38)23(35)15-19-8-9-22(36)27(39-24)26(19)28)34(2)25(37)10-7-18-5-4-6-21(14-18)40-30(31,32)33/h3-10,14,20,23-24,36,38H,1,11-13,15-17H2,2H3/t20-,23+,24-,28+,29+/m0/s1. The van der Waals surface area contributed by atoms with Crippen molar-refractivity contribution in [1.82, 2.24) is 9.80 Å². The summed E-state index contributed by atoms with van der Waals surface area (Å²) in [5.41, 5.74) is 0.454. The van der Waals surface area contributed by atoms with Crippen molar-refractivity contribution in [3.05, 3.63) is 71.8 Å². The molecule has 1 saturated carbocycles. The van der Waals surface area contributed by atoms with Crippen LogP contribution in [0.25, 0.3) is 6.08 Å². The van der Waals surface area contributed by atoms with Gasteiger partial charge in [-0.15, -0.1) is 19.8 Å². The fraction of sp³-hybridized carbons (Fsp3) is 0.433. The zero-order valence-corrected chi connectivity index (χ0v) is 22.0. The van der Waals surface area contributed by atoms with Crippen LogP contribution in [0.4, 0.5) is 13.2 Å². The molecule has 2 aliphatic carbocycles. The molecule has 0 aromatic heterocycles. The van der Waals surface area contributed by atoms with Crippen molar-refractivity contribution in [3.8, 4) is 17.2 Å². The van der Waals surface area contributed by atoms with E-state index in [4.69, 9.17) is 4.74 Å². The van der Waals surface area contributed by atoms with Crippen LogP contribution in [-0.2, 0) is 16.6 Å². The number of alkyl halides is 3. The highest BCUT2D eigenvalue weighted by molar-refractivity contribution is 5.92. The molecule has 2 aromatic rings. The minimum absolute atomic E-state index is 0.0532. The fourth-order valence-corrected chi connectivity index (χ4v) is 7.59. The Kier molecular flexibility index (Phi) is 6.19. The highest BCUT2D eigenvalue weighted by atomic mass is 19.4. The van der Waals surface area contributed by atoms with Crippen molar-refractivity contribution in [1.29, 1.82) is 0 Å². The Morgan fingerprint density at radius 2 is 2.12 bits per heavy atom. The number of piperidine rings is 1. The Morgan fingerprint density at radius 1 is 1.32 bits per heavy atom. The summed E-state index contributed by atoms with van der Waals surface area (Å²) in [6.45, 7) is 5.27. The largest absolute Gasteiger partial charge is 0.573 e. The Labute approximate surface area is 230 Å². The van der Waals surface area contributed by atoms with Crippen molar-refractivity contribution in [3.63, 3.8) is 0 Å². The zero-order valence-electron chi connectivity index (χ0n) is 22.0. The van der Waals surface area contributed by atoms with Gasteiger partial charge < -0.3 is 24.6 Å². The number of nitrogens with zero attached hydrogens (tertiary/aromatic N) is 2. The second-order valence-electron chi connectivity index (χ2n) is 11.2. The monoisotopic (exact) mass is 556 g/mol. The lowest BCUT2D eigenvalue weighted by Crippen LogP contribution is -2.77. The Bertz CT molecular complexity index is 1390. The third-order valence-corrected chi connectivity index (χ3v) is 9.25. The normalized spacial score (nSPS) is 30.5. The zero-order chi connectivity index (χ0) is 28.4. The van der Waals surface area contributed by atoms with Gasteiger partial charge in [-0.2, -0.15) is 0 Å². The molecule has 0 radical (unpaired) electrons. The molecule has 6 rings (SSSR count). The number of rotatable bonds is 6. The predicted molar refractivity (Wildman–Crippen MR) is 141 cm³/mol. The number of ether oxygens (including phenoxy) is 2. The third-order valence-electron chi connectivity index (χ3n) is 9.25. The van der Waals surface area contributed by atoms with Crippen LogP contribution in [0, 0.1) is 0 Å². The first-order valence-electron chi connectivity index (χ1n) is 13.4. The van der Waals surface area contributed by atoms with Crippen molar-refractivity contribution < 1.29 is 37.7 Å². The lowest BCUT2D eigenvalue weighted by molar-refractivity contribution is -0.274. The molecule has 2 fully saturated rings. The Hall–Kier alpha value is -3.50. The van der Waals surface area contributed by atoms with Gasteiger partial charge in [-0.25, -0.2) is 0 Å². The predicted octanol–water partition coefficient (Wildman–Crippen LogP) is 4.17. The fourth-order valence-electron chi connectivity index (χ4n) is 7.59. The molecule has 4 aliphatic rings. The third kappa shape index (κ3) is 3.99. The molecule has 5 atom stereocenters. The van der Waals surface area contributed by atoms with Crippen LogP contribution in [0.3, 0.4) is 0 Å². The maximum Gasteiger partial charge on any atom is 0.573 e. The van der Waals surface area contributed by atoms with Crippen LogP contribution >= 0.6 is 0 Å². The number of halogens is 3. The van der Waals surface area contributed by atoms with Crippen LogP contribution < -0.4 is 9.47 Å². The summed E-state index contributed by atoms with van der Waals surface area (Å²) in [5.74, 6) is -0.233. The molecule has 1 spiro atoms. The second-order valence-corrected chi connectivity index (χ2v) is 11.2. The van der Waals surface area contributed by atoms with Gasteiger partial charge in [-0.1, -0.05) is 24.3 Å². The molecule has 40 heavy (non-hydrogen) atoms. The van der Waals surface area contributed by atoms with Crippen molar-refractivity contribution >= 4 is 12.0 Å². The van der Waals surface area contributed by atoms with E-state index in [9.17, 15) is 28.2 Å². The summed E-state index contributed by atoms with van der Waals surface area (Å²) in [6, 6.07) is 8.37. The minimum Gasteiger partial charge on any atom is -0.504 e. The van der Waals surface area contributed by atoms with Crippen molar-refractivity contribution in [2.45, 2.75) is 61.2 Å². The molecule has 2 heterocycles. The van der Waals surface area contributed by atoms with E-state index in [1.165, 1.54) is 30.4 Å². The van der Waals surface area contributed by atoms with Gasteiger partial charge in [-0.3, -0.25) is 9.69 Å². The van der Waals surface area contributed by atoms with Gasteiger partial charge >= 0.3 is 6.36 Å². The van der Waals surface area contributed by atoms with Gasteiger partial charge in [0, 0.05) is 43.7 Å². The van der Waals surface area contributed by atoms with E-state index in [2.05, 4.69) is 16.2 Å². The average Bonchev–Trinajstić information content (AvgIpc) is 3.23. The highest BCUT2D eigenvalue weighted by Crippen LogP contribution is 2.65. The minimum atomic E-state index is -4.81. The number of phenols is 1. The lowest BCUT2D eigenvalue weighted by atomic mass is 9.48. The number of benzene rings is 2. The number of hydrogen-bond donors (Lipinski definition) is 2. The molecule has 1 saturated heterocycles. The first kappa shape index (κ1) is 26.7. The molecule has 10 heteroatoms. The maximum absolute atomic E-state index is 13.3. The molecule has 2 N–H and O–H groups in total. The summed E-state index contributed by atoms with van der Waals surface area (Å²) >= 11 is 0. The molecular formula is C30H31F3N2O5. The summed E-state index contributed by atoms with van der Waals surface area (Å²) < 4.78 is 48.2. The average molecular weight is 557 g/mol. The SMILES string of the molecule is C=CCN1CC[C@]23c4c5ccc(O)c4O[C@H]2C[C@H](N(C)C(=O)C=Cc2cccc(OC(F)(F)F)c2)C[C@@]3(O)[C@H]1C5. The summed E-state index contributed by atoms with van der Waals surface area (Å²) in [4.78, 5) is 17.1. The van der Waals surface area contributed by atoms with Crippen LogP contribution in [-0.4, -0.2) is 76.2 Å². The maximum atomic E-state index is 13.3. The van der Waals surface area contributed by atoms with Gasteiger partial charge in [0.2, 0.25) is 5.91 Å². The number of phenolic OH excluding ortho intramolecular Hbond substituents is 1. The number of aromatic hydroxyl groups is 1. The van der Waals surface area contributed by atoms with E-state index in [1.54, 1.807) is 24.1 Å². The first-order valence-corrected chi connectivity index (χ1v) is 13.4. The Morgan fingerprint density at radius 3 is 2.88 bits per heavy atom. The number of carbonyl (C=O) groups excluding carboxylic acids is 1. The number of amides is 1. The van der Waals surface area contributed by atoms with E-state index in [-0.39, 0.29) is 29.5 Å². The number of carbonyl (C=O) groups is 1. The van der Waals surface area contributed by atoms with Crippen LogP contribution in [0.1, 0.15) is 36.0 Å². The number of likely N-dealkylation sites (N-methyl/N-ethyl adjacent to an activating group) is 1. The number of aliphatic hydroxyl groups is 1. The van der Waals surface area contributed by atoms with Gasteiger partial charge in [0.25, 0.3) is 0 Å². The smallest absolute Gasteiger partial charge is 0.504 e. The molecule has 2 bridgehead atoms. The first-order chi connectivity index (χ1) is 19.0. The lowest BCUT2D eigenvalue weighted by Gasteiger charge is -2.64. The van der Waals surface area contributed by atoms with Crippen molar-refractivity contribution in [2.24, 2.45) is 0 Å². The van der Waals surface area contributed by atoms with Gasteiger partial charge in [0.15, 0.2) is 11.5 Å². The number of hydrogen-bond acceptors (Lipinski definition) is 6. The summed E-state index contributed by atoms with van der Waals surface area (Å²) in [7, 11) is 1.66. The quantitative estimate of drug-likeness (QED) is 0.411. The van der Waals surface area contributed by atoms with Gasteiger partial charge in [0.05, 0.1) is 11.0 Å². The molecule has 7 nitrogen and oxygen atoms in total. The molecule has 212 valence electrons. The summed E-state index contributed by atoms with van der Waals surface area (Å²) in [6.07, 6.45) is 1.37. The van der Waals surface area contributed by atoms with E-state index in [1.807, 2.05) is 12.1 Å². The molecule has 1 amide bonds. The molecular weight excluding hydrogens is 525 g/mol. The molecule has 2 aliphatic heterocycles. The van der Waals surface area contributed by atoms with Crippen LogP contribution in [0.2, 0.25) is 0 Å². The highest BCUT2D eigenvalue weighted by Gasteiger charge is 2.72. The summed E-state index contributed by atoms with van der Waals surface area (Å²) in [5, 5.41) is 23.3. The molecule has 2 aromatic carbocycles. The van der Waals surface area contributed by atoms with E-state index >= 15 is 0 Å². The second kappa shape index (κ2) is 9.27. The number of likely N-dealkylation sites (tertiary alicyclic amines) is 1. The van der Waals surface area contributed by atoms with E-state index in [0.717, 1.165) is 17.7 Å². The molecule has 0 unspecified atom stereocenters. The van der Waals surface area contributed by atoms with Crippen LogP contribution in [0.5, 0.6) is 17.2 Å². The van der Waals surface area contributed by atoms with E-state index in [0.29, 0.717) is 43.5 Å². The van der Waals surface area contributed by atoms with E-state index < -0.39 is 23.5 Å². The van der Waals surface area contributed by atoms with Crippen LogP contribution in [0.15, 0.2) is 55.1 Å². The van der Waals surface area contributed by atoms with Crippen molar-refractivity contribution in [2.75, 3.05) is 20.1 Å². The topological polar surface area (TPSA) is 82.5 Å². The van der Waals surface area contributed by atoms with Gasteiger partial charge in [-0.05, 0) is 61.2 Å². The van der Waals surface area contributed by atoms with Gasteiger partial charge in [0.1, 0.15) is 11.9 Å². The Balaban J connectivity index is 1.29.